The molecule has 4 heteroatoms. The molecule has 1 aliphatic rings. The number of rotatable bonds is 2. The molecule has 2 rings (SSSR count). The molecule has 16 heavy (non-hydrogen) atoms. The Balaban J connectivity index is 2.04. The van der Waals surface area contributed by atoms with Gasteiger partial charge in [-0.3, -0.25) is 0 Å². The van der Waals surface area contributed by atoms with E-state index in [1.165, 1.54) is 20.0 Å². The van der Waals surface area contributed by atoms with Gasteiger partial charge < -0.3 is 9.26 Å². The van der Waals surface area contributed by atoms with Crippen LogP contribution in [-0.4, -0.2) is 18.2 Å². The van der Waals surface area contributed by atoms with Gasteiger partial charge in [-0.05, 0) is 18.8 Å². The summed E-state index contributed by atoms with van der Waals surface area (Å²) in [4.78, 5) is 11.2. The number of ether oxygens (including phenoxy) is 1. The fourth-order valence-corrected chi connectivity index (χ4v) is 2.23. The zero-order chi connectivity index (χ0) is 11.5. The minimum atomic E-state index is -0.456. The average molecular weight is 223 g/mol. The summed E-state index contributed by atoms with van der Waals surface area (Å²) in [6.45, 7) is 2.28. The van der Waals surface area contributed by atoms with E-state index in [0.717, 1.165) is 24.5 Å². The molecule has 0 aliphatic heterocycles. The molecule has 0 amide bonds. The summed E-state index contributed by atoms with van der Waals surface area (Å²) in [5.74, 6) is 1.00. The summed E-state index contributed by atoms with van der Waals surface area (Å²) in [5, 5.41) is 3.96. The molecule has 1 aliphatic carbocycles. The van der Waals surface area contributed by atoms with Gasteiger partial charge >= 0.3 is 5.97 Å². The van der Waals surface area contributed by atoms with Crippen molar-refractivity contribution in [1.82, 2.24) is 5.16 Å². The van der Waals surface area contributed by atoms with Crippen LogP contribution in [0.25, 0.3) is 0 Å². The van der Waals surface area contributed by atoms with Crippen molar-refractivity contribution in [3.8, 4) is 0 Å². The first-order valence-electron chi connectivity index (χ1n) is 5.75. The first-order chi connectivity index (χ1) is 7.70. The van der Waals surface area contributed by atoms with Crippen molar-refractivity contribution in [3.05, 3.63) is 17.5 Å². The molecule has 1 aromatic rings. The van der Waals surface area contributed by atoms with Crippen molar-refractivity contribution in [2.45, 2.75) is 38.5 Å². The number of nitrogens with zero attached hydrogens (tertiary/aromatic N) is 1. The van der Waals surface area contributed by atoms with E-state index in [-0.39, 0.29) is 5.76 Å². The Morgan fingerprint density at radius 3 is 2.75 bits per heavy atom. The van der Waals surface area contributed by atoms with Crippen LogP contribution < -0.4 is 0 Å². The maximum Gasteiger partial charge on any atom is 0.376 e. The number of hydrogen-bond acceptors (Lipinski definition) is 4. The Labute approximate surface area is 95.0 Å². The Bertz CT molecular complexity index is 364. The molecule has 0 aromatic carbocycles. The van der Waals surface area contributed by atoms with E-state index in [2.05, 4.69) is 16.8 Å². The first-order valence-corrected chi connectivity index (χ1v) is 5.75. The van der Waals surface area contributed by atoms with E-state index in [0.29, 0.717) is 5.92 Å². The second-order valence-electron chi connectivity index (χ2n) is 4.56. The van der Waals surface area contributed by atoms with Crippen molar-refractivity contribution >= 4 is 5.97 Å². The highest BCUT2D eigenvalue weighted by Crippen LogP contribution is 2.35. The van der Waals surface area contributed by atoms with Crippen LogP contribution in [0.3, 0.4) is 0 Å². The third-order valence-corrected chi connectivity index (χ3v) is 3.35. The Kier molecular flexibility index (Phi) is 3.27. The smallest absolute Gasteiger partial charge is 0.376 e. The van der Waals surface area contributed by atoms with Crippen LogP contribution in [-0.2, 0) is 4.74 Å². The number of aromatic nitrogens is 1. The second-order valence-corrected chi connectivity index (χ2v) is 4.56. The van der Waals surface area contributed by atoms with Gasteiger partial charge in [-0.1, -0.05) is 24.9 Å². The van der Waals surface area contributed by atoms with Crippen molar-refractivity contribution in [1.29, 1.82) is 0 Å². The van der Waals surface area contributed by atoms with Gasteiger partial charge in [0.15, 0.2) is 0 Å². The summed E-state index contributed by atoms with van der Waals surface area (Å²) in [7, 11) is 1.34. The summed E-state index contributed by atoms with van der Waals surface area (Å²) < 4.78 is 9.55. The van der Waals surface area contributed by atoms with Gasteiger partial charge in [-0.2, -0.15) is 0 Å². The lowest BCUT2D eigenvalue weighted by Crippen LogP contribution is -2.11. The van der Waals surface area contributed by atoms with Crippen LogP contribution in [0.4, 0.5) is 0 Å². The van der Waals surface area contributed by atoms with Gasteiger partial charge in [0.25, 0.3) is 0 Å². The lowest BCUT2D eigenvalue weighted by molar-refractivity contribution is 0.0554. The zero-order valence-corrected chi connectivity index (χ0v) is 9.73. The van der Waals surface area contributed by atoms with Crippen LogP contribution in [0.5, 0.6) is 0 Å². The number of methoxy groups -OCH3 is 1. The van der Waals surface area contributed by atoms with E-state index in [1.54, 1.807) is 6.07 Å². The molecule has 1 aromatic heterocycles. The molecular formula is C12H17NO3. The standard InChI is InChI=1S/C12H17NO3/c1-8-3-5-9(6-4-8)10-7-11(16-13-10)12(14)15-2/h7-9H,3-6H2,1-2H3/t8-,9-. The van der Waals surface area contributed by atoms with Gasteiger partial charge in [-0.25, -0.2) is 4.79 Å². The van der Waals surface area contributed by atoms with Gasteiger partial charge in [0.05, 0.1) is 12.8 Å². The summed E-state index contributed by atoms with van der Waals surface area (Å²) >= 11 is 0. The number of hydrogen-bond donors (Lipinski definition) is 0. The van der Waals surface area contributed by atoms with E-state index in [9.17, 15) is 4.79 Å². The fourth-order valence-electron chi connectivity index (χ4n) is 2.23. The molecule has 4 nitrogen and oxygen atoms in total. The van der Waals surface area contributed by atoms with E-state index >= 15 is 0 Å². The number of carbonyl (C=O) groups excluding carboxylic acids is 1. The van der Waals surface area contributed by atoms with E-state index < -0.39 is 5.97 Å². The lowest BCUT2D eigenvalue weighted by Gasteiger charge is -2.24. The van der Waals surface area contributed by atoms with Crippen molar-refractivity contribution in [2.24, 2.45) is 5.92 Å². The molecule has 1 saturated carbocycles. The topological polar surface area (TPSA) is 52.3 Å². The van der Waals surface area contributed by atoms with Gasteiger partial charge in [-0.15, -0.1) is 0 Å². The van der Waals surface area contributed by atoms with Crippen molar-refractivity contribution in [2.75, 3.05) is 7.11 Å². The van der Waals surface area contributed by atoms with Crippen LogP contribution >= 0.6 is 0 Å². The van der Waals surface area contributed by atoms with E-state index in [1.807, 2.05) is 0 Å². The molecule has 1 fully saturated rings. The highest BCUT2D eigenvalue weighted by Gasteiger charge is 2.24. The predicted octanol–water partition coefficient (Wildman–Crippen LogP) is 2.75. The highest BCUT2D eigenvalue weighted by molar-refractivity contribution is 5.86. The molecule has 0 unspecified atom stereocenters. The molecule has 0 atom stereocenters. The van der Waals surface area contributed by atoms with Crippen molar-refractivity contribution in [3.63, 3.8) is 0 Å². The van der Waals surface area contributed by atoms with Crippen LogP contribution in [0.15, 0.2) is 10.6 Å². The number of carbonyl (C=O) groups is 1. The van der Waals surface area contributed by atoms with Crippen LogP contribution in [0, 0.1) is 5.92 Å². The van der Waals surface area contributed by atoms with Gasteiger partial charge in [0.1, 0.15) is 0 Å². The quantitative estimate of drug-likeness (QED) is 0.723. The molecule has 0 N–H and O–H groups in total. The summed E-state index contributed by atoms with van der Waals surface area (Å²) in [5.41, 5.74) is 0.896. The van der Waals surface area contributed by atoms with Gasteiger partial charge in [0.2, 0.25) is 5.76 Å². The normalized spacial score (nSPS) is 25.4. The molecule has 0 spiro atoms. The van der Waals surface area contributed by atoms with Crippen LogP contribution in [0.2, 0.25) is 0 Å². The third kappa shape index (κ3) is 2.26. The molecular weight excluding hydrogens is 206 g/mol. The summed E-state index contributed by atoms with van der Waals surface area (Å²) in [6.07, 6.45) is 4.72. The van der Waals surface area contributed by atoms with E-state index in [4.69, 9.17) is 4.52 Å². The third-order valence-electron chi connectivity index (χ3n) is 3.35. The minimum absolute atomic E-state index is 0.205. The molecule has 0 bridgehead atoms. The Hall–Kier alpha value is -1.32. The predicted molar refractivity (Wildman–Crippen MR) is 58.2 cm³/mol. The fraction of sp³-hybridized carbons (Fsp3) is 0.667. The molecule has 0 saturated heterocycles. The molecule has 1 heterocycles. The maximum absolute atomic E-state index is 11.2. The molecule has 0 radical (unpaired) electrons. The average Bonchev–Trinajstić information content (AvgIpc) is 2.78. The second kappa shape index (κ2) is 4.68. The Morgan fingerprint density at radius 2 is 2.12 bits per heavy atom. The Morgan fingerprint density at radius 1 is 1.44 bits per heavy atom. The van der Waals surface area contributed by atoms with Gasteiger partial charge in [0, 0.05) is 12.0 Å². The zero-order valence-electron chi connectivity index (χ0n) is 9.73. The highest BCUT2D eigenvalue weighted by atomic mass is 16.5. The first kappa shape index (κ1) is 11.2. The van der Waals surface area contributed by atoms with Crippen molar-refractivity contribution < 1.29 is 14.1 Å². The molecule has 88 valence electrons. The lowest BCUT2D eigenvalue weighted by atomic mass is 9.81. The minimum Gasteiger partial charge on any atom is -0.463 e. The maximum atomic E-state index is 11.2. The summed E-state index contributed by atoms with van der Waals surface area (Å²) in [6, 6.07) is 1.71. The number of esters is 1. The SMILES string of the molecule is COC(=O)c1cc([C@H]2CC[C@H](C)CC2)no1. The largest absolute Gasteiger partial charge is 0.463 e. The van der Waals surface area contributed by atoms with Crippen LogP contribution in [0.1, 0.15) is 54.8 Å². The monoisotopic (exact) mass is 223 g/mol.